The van der Waals surface area contributed by atoms with Crippen LogP contribution in [0.15, 0.2) is 140 Å². The van der Waals surface area contributed by atoms with Crippen molar-refractivity contribution in [3.8, 4) is 5.75 Å². The molecule has 0 atom stereocenters. The Hall–Kier alpha value is -7.42. The third kappa shape index (κ3) is 13.4. The highest BCUT2D eigenvalue weighted by Crippen LogP contribution is 2.41. The van der Waals surface area contributed by atoms with Gasteiger partial charge in [-0.15, -0.1) is 0 Å². The highest BCUT2D eigenvalue weighted by atomic mass is 19.4. The van der Waals surface area contributed by atoms with Crippen molar-refractivity contribution in [3.05, 3.63) is 190 Å². The summed E-state index contributed by atoms with van der Waals surface area (Å²) in [5.74, 6) is 0.291. The molecule has 7 aromatic rings. The van der Waals surface area contributed by atoms with Crippen molar-refractivity contribution in [1.82, 2.24) is 0 Å². The molecule has 28 heteroatoms. The van der Waals surface area contributed by atoms with E-state index in [2.05, 4.69) is 0 Å². The number of aromatic hydroxyl groups is 1. The molecule has 1 heterocycles. The van der Waals surface area contributed by atoms with Crippen LogP contribution < -0.4 is 26.4 Å². The summed E-state index contributed by atoms with van der Waals surface area (Å²) in [6.45, 7) is 0.287. The lowest BCUT2D eigenvalue weighted by Gasteiger charge is -2.46. The summed E-state index contributed by atoms with van der Waals surface area (Å²) in [5.41, 5.74) is -29.5. The molecule has 0 fully saturated rings. The first-order valence-corrected chi connectivity index (χ1v) is 21.0. The molecule has 6 aromatic carbocycles. The molecule has 1 N–H and O–H groups in total. The van der Waals surface area contributed by atoms with Crippen LogP contribution in [0.3, 0.4) is 0 Å². The van der Waals surface area contributed by atoms with Crippen LogP contribution >= 0.6 is 0 Å². The maximum Gasteiger partial charge on any atom is 0.416 e. The van der Waals surface area contributed by atoms with Gasteiger partial charge in [0.15, 0.2) is 12.4 Å². The summed E-state index contributed by atoms with van der Waals surface area (Å²) in [7, 11) is 0. The number of hydrogen-bond acceptors (Lipinski definition) is 2. The summed E-state index contributed by atoms with van der Waals surface area (Å²) in [5, 5.41) is 11.4. The average molecular weight is 1130 g/mol. The maximum atomic E-state index is 14.2. The van der Waals surface area contributed by atoms with Gasteiger partial charge in [-0.25, -0.2) is 0 Å². The van der Waals surface area contributed by atoms with Crippen LogP contribution in [0.4, 0.5) is 105 Å². The SMILES string of the molecule is FC(F)(F)c1cc([B-](c2cc(C(F)(F)F)cc(C(F)(F)F)c2)(c2cc(C(F)(F)F)cc(C(F)(F)F)c2)c2cc(C(F)(F)F)cc(C(F)(F)F)c2)cc(C(F)(F)F)c1.O=C(C[n+]1ccc2ccc(O)cc2c1)c1ccccc1. The summed E-state index contributed by atoms with van der Waals surface area (Å²) < 4.78 is 343. The molecule has 0 aliphatic carbocycles. The standard InChI is InChI=1S/C32H12BF24.C17H13NO2/c34-25(35,36)13-1-14(26(37,38)39)6-21(5-13)33(22-7-15(27(40,41)42)2-16(8-22)28(43,44)45,23-9-17(29(46,47)48)3-18(10-23)30(49,50)51)24-11-19(31(52,53)54)4-20(12-24)32(55,56)57;19-16-7-6-13-8-9-18(11-15(13)10-16)12-17(20)14-4-2-1-3-5-14/h1-12H;1-11H,12H2/q-1;/p+1. The normalized spacial score (nSPS) is 13.4. The number of carbonyl (C=O) groups is 1. The van der Waals surface area contributed by atoms with Crippen molar-refractivity contribution in [3.63, 3.8) is 0 Å². The summed E-state index contributed by atoms with van der Waals surface area (Å²) in [6.07, 6.45) is -51.1. The smallest absolute Gasteiger partial charge is 0.416 e. The van der Waals surface area contributed by atoms with Crippen molar-refractivity contribution < 1.29 is 120 Å². The number of halogens is 24. The third-order valence-corrected chi connectivity index (χ3v) is 11.7. The zero-order valence-electron chi connectivity index (χ0n) is 37.4. The number of pyridine rings is 1. The number of hydrogen-bond donors (Lipinski definition) is 1. The van der Waals surface area contributed by atoms with Gasteiger partial charge in [0.05, 0.1) is 44.5 Å². The van der Waals surface area contributed by atoms with Crippen molar-refractivity contribution >= 4 is 44.6 Å². The van der Waals surface area contributed by atoms with Crippen molar-refractivity contribution in [2.75, 3.05) is 0 Å². The van der Waals surface area contributed by atoms with E-state index in [1.807, 2.05) is 59.4 Å². The Kier molecular flexibility index (Phi) is 15.4. The molecule has 0 radical (unpaired) electrons. The van der Waals surface area contributed by atoms with E-state index in [1.54, 1.807) is 12.1 Å². The van der Waals surface area contributed by atoms with E-state index in [1.165, 1.54) is 0 Å². The summed E-state index contributed by atoms with van der Waals surface area (Å²) in [6, 6.07) is 7.57. The molecular weight excluding hydrogens is 1100 g/mol. The van der Waals surface area contributed by atoms with Crippen LogP contribution in [0.25, 0.3) is 10.8 Å². The Morgan fingerprint density at radius 1 is 0.364 bits per heavy atom. The van der Waals surface area contributed by atoms with Gasteiger partial charge >= 0.3 is 49.4 Å². The largest absolute Gasteiger partial charge is 0.508 e. The fraction of sp³-hybridized carbons (Fsp3) is 0.184. The van der Waals surface area contributed by atoms with Crippen LogP contribution in [-0.2, 0) is 56.0 Å². The van der Waals surface area contributed by atoms with E-state index >= 15 is 0 Å². The van der Waals surface area contributed by atoms with Crippen molar-refractivity contribution in [1.29, 1.82) is 0 Å². The number of nitrogens with zero attached hydrogens (tertiary/aromatic N) is 1. The number of benzene rings is 6. The number of carbonyl (C=O) groups excluding carboxylic acids is 1. The topological polar surface area (TPSA) is 41.2 Å². The molecule has 0 bridgehead atoms. The van der Waals surface area contributed by atoms with Crippen LogP contribution in [0.1, 0.15) is 54.9 Å². The van der Waals surface area contributed by atoms with Gasteiger partial charge < -0.3 is 5.11 Å². The van der Waals surface area contributed by atoms with Crippen LogP contribution in [0.5, 0.6) is 5.75 Å². The zero-order valence-corrected chi connectivity index (χ0v) is 37.4. The summed E-state index contributed by atoms with van der Waals surface area (Å²) >= 11 is 0. The highest BCUT2D eigenvalue weighted by molar-refractivity contribution is 7.20. The fourth-order valence-corrected chi connectivity index (χ4v) is 8.27. The number of rotatable bonds is 7. The molecule has 0 aliphatic rings. The molecule has 77 heavy (non-hydrogen) atoms. The lowest BCUT2D eigenvalue weighted by molar-refractivity contribution is -0.681. The molecule has 7 rings (SSSR count). The quantitative estimate of drug-likeness (QED) is 0.0748. The number of phenolic OH excluding ortho intramolecular Hbond substituents is 1. The second kappa shape index (κ2) is 20.2. The zero-order chi connectivity index (χ0) is 57.9. The molecule has 0 aliphatic heterocycles. The predicted molar refractivity (Wildman–Crippen MR) is 227 cm³/mol. The second-order valence-electron chi connectivity index (χ2n) is 16.9. The Labute approximate surface area is 415 Å². The summed E-state index contributed by atoms with van der Waals surface area (Å²) in [4.78, 5) is 12.1. The van der Waals surface area contributed by atoms with Gasteiger partial charge in [0, 0.05) is 17.0 Å². The van der Waals surface area contributed by atoms with E-state index in [0.29, 0.717) is 5.56 Å². The number of aromatic nitrogens is 1. The van der Waals surface area contributed by atoms with Gasteiger partial charge in [0.1, 0.15) is 11.9 Å². The molecule has 0 unspecified atom stereocenters. The molecule has 410 valence electrons. The highest BCUT2D eigenvalue weighted by Gasteiger charge is 2.47. The Balaban J connectivity index is 0.000000397. The molecule has 0 saturated carbocycles. The number of ketones is 1. The number of phenols is 1. The van der Waals surface area contributed by atoms with E-state index in [0.717, 1.165) is 10.8 Å². The lowest BCUT2D eigenvalue weighted by atomic mass is 9.12. The molecule has 1 aromatic heterocycles. The van der Waals surface area contributed by atoms with Crippen molar-refractivity contribution in [2.24, 2.45) is 0 Å². The first kappa shape index (κ1) is 58.8. The van der Waals surface area contributed by atoms with Crippen LogP contribution in [0, 0.1) is 0 Å². The van der Waals surface area contributed by atoms with Crippen LogP contribution in [-0.4, -0.2) is 17.0 Å². The van der Waals surface area contributed by atoms with Crippen LogP contribution in [0.2, 0.25) is 0 Å². The second-order valence-corrected chi connectivity index (χ2v) is 16.9. The van der Waals surface area contributed by atoms with Gasteiger partial charge in [0.25, 0.3) is 0 Å². The molecular formula is C49H26BF24NO2. The van der Waals surface area contributed by atoms with Gasteiger partial charge in [-0.2, -0.15) is 132 Å². The van der Waals surface area contributed by atoms with Gasteiger partial charge in [-0.1, -0.05) is 84.9 Å². The minimum atomic E-state index is -6.13. The van der Waals surface area contributed by atoms with E-state index in [4.69, 9.17) is 0 Å². The minimum absolute atomic E-state index is 0.0649. The monoisotopic (exact) mass is 1130 g/mol. The van der Waals surface area contributed by atoms with E-state index < -0.39 is 195 Å². The first-order valence-electron chi connectivity index (χ1n) is 21.0. The fourth-order valence-electron chi connectivity index (χ4n) is 8.27. The van der Waals surface area contributed by atoms with E-state index in [9.17, 15) is 115 Å². The Morgan fingerprint density at radius 2 is 0.649 bits per heavy atom. The van der Waals surface area contributed by atoms with Gasteiger partial charge in [0.2, 0.25) is 12.3 Å². The number of fused-ring (bicyclic) bond motifs is 1. The van der Waals surface area contributed by atoms with E-state index in [-0.39, 0.29) is 18.1 Å². The van der Waals surface area contributed by atoms with Gasteiger partial charge in [-0.05, 0) is 41.8 Å². The molecule has 3 nitrogen and oxygen atoms in total. The molecule has 0 amide bonds. The number of Topliss-reactive ketones (excluding diaryl/α,β-unsaturated/α-hetero) is 1. The number of alkyl halides is 24. The van der Waals surface area contributed by atoms with Gasteiger partial charge in [-0.3, -0.25) is 4.79 Å². The Morgan fingerprint density at radius 3 is 0.922 bits per heavy atom. The molecule has 0 saturated heterocycles. The average Bonchev–Trinajstić information content (AvgIpc) is 3.29. The maximum absolute atomic E-state index is 14.2. The first-order chi connectivity index (χ1) is 35.0. The predicted octanol–water partition coefficient (Wildman–Crippen LogP) is 13.9. The minimum Gasteiger partial charge on any atom is -0.508 e. The Bertz CT molecular complexity index is 2870. The third-order valence-electron chi connectivity index (χ3n) is 11.7. The van der Waals surface area contributed by atoms with Crippen molar-refractivity contribution in [2.45, 2.75) is 56.0 Å². The lowest BCUT2D eigenvalue weighted by Crippen LogP contribution is -2.75. The molecule has 0 spiro atoms.